The third-order valence-electron chi connectivity index (χ3n) is 2.87. The van der Waals surface area contributed by atoms with E-state index in [4.69, 9.17) is 15.2 Å². The maximum absolute atomic E-state index is 5.83. The van der Waals surface area contributed by atoms with Gasteiger partial charge in [-0.15, -0.1) is 0 Å². The van der Waals surface area contributed by atoms with E-state index in [1.807, 2.05) is 0 Å². The first-order valence-electron chi connectivity index (χ1n) is 5.30. The summed E-state index contributed by atoms with van der Waals surface area (Å²) in [7, 11) is 3.32. The second-order valence-corrected chi connectivity index (χ2v) is 3.92. The Labute approximate surface area is 86.1 Å². The highest BCUT2D eigenvalue weighted by atomic mass is 16.7. The van der Waals surface area contributed by atoms with Crippen molar-refractivity contribution in [2.45, 2.75) is 44.1 Å². The molecule has 1 fully saturated rings. The summed E-state index contributed by atoms with van der Waals surface area (Å²) in [5, 5.41) is 3.44. The van der Waals surface area contributed by atoms with Gasteiger partial charge < -0.3 is 20.5 Å². The van der Waals surface area contributed by atoms with Crippen LogP contribution in [-0.4, -0.2) is 39.1 Å². The van der Waals surface area contributed by atoms with Crippen LogP contribution >= 0.6 is 0 Å². The Morgan fingerprint density at radius 2 is 1.79 bits per heavy atom. The number of rotatable bonds is 5. The Morgan fingerprint density at radius 3 is 2.29 bits per heavy atom. The van der Waals surface area contributed by atoms with Crippen molar-refractivity contribution in [2.24, 2.45) is 5.73 Å². The van der Waals surface area contributed by atoms with E-state index in [0.717, 1.165) is 19.4 Å². The third-order valence-corrected chi connectivity index (χ3v) is 2.87. The molecule has 0 spiro atoms. The van der Waals surface area contributed by atoms with E-state index in [1.54, 1.807) is 14.2 Å². The van der Waals surface area contributed by atoms with Crippen molar-refractivity contribution in [1.29, 1.82) is 0 Å². The topological polar surface area (TPSA) is 56.5 Å². The molecule has 1 aliphatic rings. The molecule has 0 radical (unpaired) electrons. The van der Waals surface area contributed by atoms with Crippen molar-refractivity contribution in [2.75, 3.05) is 20.8 Å². The highest BCUT2D eigenvalue weighted by Gasteiger charge is 2.18. The fourth-order valence-electron chi connectivity index (χ4n) is 1.85. The molecule has 14 heavy (non-hydrogen) atoms. The third kappa shape index (κ3) is 3.92. The summed E-state index contributed by atoms with van der Waals surface area (Å²) in [5.41, 5.74) is 5.83. The van der Waals surface area contributed by atoms with Gasteiger partial charge in [-0.25, -0.2) is 0 Å². The van der Waals surface area contributed by atoms with Gasteiger partial charge in [0.2, 0.25) is 0 Å². The van der Waals surface area contributed by atoms with Gasteiger partial charge in [0.05, 0.1) is 0 Å². The van der Waals surface area contributed by atoms with Crippen LogP contribution in [0.15, 0.2) is 0 Å². The van der Waals surface area contributed by atoms with Crippen molar-refractivity contribution in [3.8, 4) is 0 Å². The lowest BCUT2D eigenvalue weighted by Crippen LogP contribution is -2.41. The van der Waals surface area contributed by atoms with Crippen molar-refractivity contribution in [1.82, 2.24) is 5.32 Å². The monoisotopic (exact) mass is 202 g/mol. The van der Waals surface area contributed by atoms with Crippen LogP contribution in [0, 0.1) is 0 Å². The molecule has 4 nitrogen and oxygen atoms in total. The Balaban J connectivity index is 2.12. The Morgan fingerprint density at radius 1 is 1.21 bits per heavy atom. The van der Waals surface area contributed by atoms with Gasteiger partial charge in [0, 0.05) is 32.8 Å². The van der Waals surface area contributed by atoms with Crippen LogP contribution in [0.4, 0.5) is 0 Å². The highest BCUT2D eigenvalue weighted by Crippen LogP contribution is 2.16. The molecule has 0 unspecified atom stereocenters. The summed E-state index contributed by atoms with van der Waals surface area (Å²) in [6, 6.07) is 0.997. The Bertz CT molecular complexity index is 143. The molecule has 0 bridgehead atoms. The lowest BCUT2D eigenvalue weighted by Gasteiger charge is -2.28. The molecule has 0 aromatic rings. The van der Waals surface area contributed by atoms with Gasteiger partial charge in [0.25, 0.3) is 0 Å². The second kappa shape index (κ2) is 6.35. The van der Waals surface area contributed by atoms with Gasteiger partial charge >= 0.3 is 0 Å². The molecular weight excluding hydrogens is 180 g/mol. The minimum atomic E-state index is -0.134. The maximum Gasteiger partial charge on any atom is 0.169 e. The molecule has 0 aliphatic heterocycles. The first-order valence-corrected chi connectivity index (χ1v) is 5.30. The van der Waals surface area contributed by atoms with Gasteiger partial charge in [-0.05, 0) is 25.7 Å². The van der Waals surface area contributed by atoms with E-state index in [9.17, 15) is 0 Å². The first kappa shape index (κ1) is 11.9. The summed E-state index contributed by atoms with van der Waals surface area (Å²) in [6.07, 6.45) is 4.46. The summed E-state index contributed by atoms with van der Waals surface area (Å²) >= 11 is 0. The Hall–Kier alpha value is -0.160. The van der Waals surface area contributed by atoms with Crippen LogP contribution in [0.3, 0.4) is 0 Å². The van der Waals surface area contributed by atoms with Gasteiger partial charge in [0.15, 0.2) is 6.29 Å². The quantitative estimate of drug-likeness (QED) is 0.636. The molecule has 1 aliphatic carbocycles. The van der Waals surface area contributed by atoms with Crippen LogP contribution < -0.4 is 11.1 Å². The minimum Gasteiger partial charge on any atom is -0.355 e. The lowest BCUT2D eigenvalue weighted by atomic mass is 9.92. The van der Waals surface area contributed by atoms with Crippen molar-refractivity contribution in [3.05, 3.63) is 0 Å². The highest BCUT2D eigenvalue weighted by molar-refractivity contribution is 4.78. The van der Waals surface area contributed by atoms with Crippen LogP contribution in [0.5, 0.6) is 0 Å². The molecule has 84 valence electrons. The van der Waals surface area contributed by atoms with Crippen LogP contribution in [0.25, 0.3) is 0 Å². The molecule has 1 rings (SSSR count). The van der Waals surface area contributed by atoms with Gasteiger partial charge in [-0.2, -0.15) is 0 Å². The molecule has 0 amide bonds. The second-order valence-electron chi connectivity index (χ2n) is 3.92. The molecule has 1 saturated carbocycles. The predicted octanol–water partition coefficient (Wildman–Crippen LogP) is 0.465. The first-order chi connectivity index (χ1) is 6.76. The normalized spacial score (nSPS) is 28.3. The molecular formula is C10H22N2O2. The number of hydrogen-bond acceptors (Lipinski definition) is 4. The Kier molecular flexibility index (Phi) is 5.40. The number of hydrogen-bond donors (Lipinski definition) is 2. The number of nitrogens with one attached hydrogen (secondary N) is 1. The number of ether oxygens (including phenoxy) is 2. The van der Waals surface area contributed by atoms with Crippen LogP contribution in [-0.2, 0) is 9.47 Å². The van der Waals surface area contributed by atoms with E-state index in [0.29, 0.717) is 12.1 Å². The smallest absolute Gasteiger partial charge is 0.169 e. The zero-order valence-corrected chi connectivity index (χ0v) is 9.16. The average Bonchev–Trinajstić information content (AvgIpc) is 2.22. The van der Waals surface area contributed by atoms with Crippen molar-refractivity contribution in [3.63, 3.8) is 0 Å². The van der Waals surface area contributed by atoms with Gasteiger partial charge in [-0.3, -0.25) is 0 Å². The molecule has 0 atom stereocenters. The van der Waals surface area contributed by atoms with Crippen LogP contribution in [0.2, 0.25) is 0 Å². The summed E-state index contributed by atoms with van der Waals surface area (Å²) in [4.78, 5) is 0. The minimum absolute atomic E-state index is 0.134. The van der Waals surface area contributed by atoms with Gasteiger partial charge in [-0.1, -0.05) is 0 Å². The van der Waals surface area contributed by atoms with E-state index < -0.39 is 0 Å². The maximum atomic E-state index is 5.83. The van der Waals surface area contributed by atoms with Gasteiger partial charge in [0.1, 0.15) is 0 Å². The zero-order valence-electron chi connectivity index (χ0n) is 9.16. The standard InChI is InChI=1S/C10H22N2O2/c1-13-10(14-2)7-12-9-5-3-8(11)4-6-9/h8-10,12H,3-7,11H2,1-2H3. The van der Waals surface area contributed by atoms with Crippen molar-refractivity contribution >= 4 is 0 Å². The molecule has 4 heteroatoms. The molecule has 0 saturated heterocycles. The van der Waals surface area contributed by atoms with Crippen LogP contribution in [0.1, 0.15) is 25.7 Å². The largest absolute Gasteiger partial charge is 0.355 e. The zero-order chi connectivity index (χ0) is 10.4. The summed E-state index contributed by atoms with van der Waals surface area (Å²) in [6.45, 7) is 0.757. The van der Waals surface area contributed by atoms with E-state index >= 15 is 0 Å². The lowest BCUT2D eigenvalue weighted by molar-refractivity contribution is -0.100. The predicted molar refractivity (Wildman–Crippen MR) is 56.0 cm³/mol. The number of methoxy groups -OCH3 is 2. The van der Waals surface area contributed by atoms with Crippen molar-refractivity contribution < 1.29 is 9.47 Å². The van der Waals surface area contributed by atoms with E-state index in [1.165, 1.54) is 12.8 Å². The fourth-order valence-corrected chi connectivity index (χ4v) is 1.85. The molecule has 0 aromatic heterocycles. The molecule has 3 N–H and O–H groups in total. The SMILES string of the molecule is COC(CNC1CCC(N)CC1)OC. The van der Waals surface area contributed by atoms with E-state index in [-0.39, 0.29) is 6.29 Å². The average molecular weight is 202 g/mol. The number of nitrogens with two attached hydrogens (primary N) is 1. The van der Waals surface area contributed by atoms with E-state index in [2.05, 4.69) is 5.32 Å². The summed E-state index contributed by atoms with van der Waals surface area (Å²) < 4.78 is 10.2. The fraction of sp³-hybridized carbons (Fsp3) is 1.00. The molecule has 0 heterocycles. The summed E-state index contributed by atoms with van der Waals surface area (Å²) in [5.74, 6) is 0. The molecule has 0 aromatic carbocycles.